The van der Waals surface area contributed by atoms with Gasteiger partial charge in [-0.25, -0.2) is 0 Å². The summed E-state index contributed by atoms with van der Waals surface area (Å²) in [6.07, 6.45) is 5.73. The largest absolute Gasteiger partial charge is 0.430 e. The number of carbonyl (C=O) groups excluding carboxylic acids is 2. The van der Waals surface area contributed by atoms with Gasteiger partial charge in [0.15, 0.2) is 5.78 Å². The summed E-state index contributed by atoms with van der Waals surface area (Å²) in [7, 11) is 0. The number of hydrogen-bond acceptors (Lipinski definition) is 3. The van der Waals surface area contributed by atoms with E-state index in [9.17, 15) is 9.59 Å². The lowest BCUT2D eigenvalue weighted by atomic mass is 9.69. The van der Waals surface area contributed by atoms with Crippen molar-refractivity contribution in [2.75, 3.05) is 0 Å². The molecule has 0 saturated heterocycles. The molecular weight excluding hydrogens is 456 g/mol. The molecule has 0 radical (unpaired) electrons. The van der Waals surface area contributed by atoms with Crippen molar-refractivity contribution in [3.05, 3.63) is 113 Å². The van der Waals surface area contributed by atoms with Gasteiger partial charge in [-0.1, -0.05) is 111 Å². The first-order chi connectivity index (χ1) is 17.9. The van der Waals surface area contributed by atoms with Gasteiger partial charge in [-0.2, -0.15) is 0 Å². The third kappa shape index (κ3) is 4.40. The van der Waals surface area contributed by atoms with Crippen LogP contribution in [0.15, 0.2) is 102 Å². The molecule has 2 aliphatic rings. The minimum absolute atomic E-state index is 0.0919. The minimum atomic E-state index is -0.471. The van der Waals surface area contributed by atoms with Gasteiger partial charge in [0.2, 0.25) is 0 Å². The first kappa shape index (κ1) is 23.4. The summed E-state index contributed by atoms with van der Waals surface area (Å²) in [5.41, 5.74) is 2.63. The smallest absolute Gasteiger partial charge is 0.315 e. The van der Waals surface area contributed by atoms with Crippen LogP contribution in [0, 0.1) is 17.3 Å². The highest BCUT2D eigenvalue weighted by molar-refractivity contribution is 6.01. The molecule has 1 aliphatic heterocycles. The predicted molar refractivity (Wildman–Crippen MR) is 149 cm³/mol. The van der Waals surface area contributed by atoms with Crippen LogP contribution in [0.3, 0.4) is 0 Å². The summed E-state index contributed by atoms with van der Waals surface area (Å²) >= 11 is 0. The van der Waals surface area contributed by atoms with Crippen molar-refractivity contribution in [3.63, 3.8) is 0 Å². The standard InChI is InChI=1S/C34H30O3/c1-34(2)20-30(35)32-28(18-17-24-13-7-11-22-9-3-5-15-26(22)24)29(33(36)37-31(32)21-34)19-25-14-8-12-23-10-4-6-16-27(23)25/h3-18,28-29H,19-21H2,1-2H3/b18-17+/t28-,29+/m0/s1. The fraction of sp³-hybridized carbons (Fsp3) is 0.235. The van der Waals surface area contributed by atoms with Gasteiger partial charge in [0.05, 0.1) is 5.92 Å². The molecule has 6 rings (SSSR count). The van der Waals surface area contributed by atoms with E-state index in [1.165, 1.54) is 0 Å². The van der Waals surface area contributed by atoms with Crippen LogP contribution in [-0.2, 0) is 20.7 Å². The topological polar surface area (TPSA) is 43.4 Å². The highest BCUT2D eigenvalue weighted by Gasteiger charge is 2.45. The van der Waals surface area contributed by atoms with Gasteiger partial charge in [-0.3, -0.25) is 9.59 Å². The van der Waals surface area contributed by atoms with Crippen LogP contribution in [0.1, 0.15) is 37.8 Å². The first-order valence-corrected chi connectivity index (χ1v) is 13.0. The van der Waals surface area contributed by atoms with E-state index < -0.39 is 5.92 Å². The number of carbonyl (C=O) groups is 2. The predicted octanol–water partition coefficient (Wildman–Crippen LogP) is 7.68. The number of Topliss-reactive ketones (excluding diaryl/α,β-unsaturated/α-hetero) is 1. The maximum Gasteiger partial charge on any atom is 0.315 e. The number of allylic oxidation sites excluding steroid dienone is 3. The lowest BCUT2D eigenvalue weighted by Crippen LogP contribution is -2.40. The van der Waals surface area contributed by atoms with Crippen LogP contribution in [-0.4, -0.2) is 11.8 Å². The summed E-state index contributed by atoms with van der Waals surface area (Å²) in [6.45, 7) is 4.12. The van der Waals surface area contributed by atoms with Gasteiger partial charge < -0.3 is 4.74 Å². The van der Waals surface area contributed by atoms with E-state index in [1.54, 1.807) is 0 Å². The zero-order chi connectivity index (χ0) is 25.6. The van der Waals surface area contributed by atoms with Gasteiger partial charge in [0, 0.05) is 24.3 Å². The van der Waals surface area contributed by atoms with Crippen molar-refractivity contribution < 1.29 is 14.3 Å². The Labute approximate surface area is 217 Å². The van der Waals surface area contributed by atoms with Gasteiger partial charge in [-0.05, 0) is 44.5 Å². The van der Waals surface area contributed by atoms with Gasteiger partial charge in [0.1, 0.15) is 5.76 Å². The van der Waals surface area contributed by atoms with Crippen molar-refractivity contribution in [2.45, 2.75) is 33.1 Å². The molecule has 4 aromatic carbocycles. The van der Waals surface area contributed by atoms with Gasteiger partial charge in [-0.15, -0.1) is 0 Å². The number of rotatable bonds is 4. The second kappa shape index (κ2) is 9.15. The Morgan fingerprint density at radius 1 is 0.811 bits per heavy atom. The summed E-state index contributed by atoms with van der Waals surface area (Å²) < 4.78 is 5.93. The van der Waals surface area contributed by atoms with E-state index >= 15 is 0 Å². The van der Waals surface area contributed by atoms with E-state index in [1.807, 2.05) is 36.4 Å². The lowest BCUT2D eigenvalue weighted by molar-refractivity contribution is -0.149. The monoisotopic (exact) mass is 486 g/mol. The van der Waals surface area contributed by atoms with E-state index in [-0.39, 0.29) is 23.1 Å². The molecule has 0 amide bonds. The molecule has 3 nitrogen and oxygen atoms in total. The Bertz CT molecular complexity index is 1590. The maximum atomic E-state index is 13.5. The molecular formula is C34H30O3. The Balaban J connectivity index is 1.46. The average Bonchev–Trinajstić information content (AvgIpc) is 2.88. The maximum absolute atomic E-state index is 13.5. The molecule has 0 spiro atoms. The molecule has 0 aromatic heterocycles. The highest BCUT2D eigenvalue weighted by atomic mass is 16.5. The Kier molecular flexibility index (Phi) is 5.79. The number of fused-ring (bicyclic) bond motifs is 2. The summed E-state index contributed by atoms with van der Waals surface area (Å²) in [5.74, 6) is -0.397. The quantitative estimate of drug-likeness (QED) is 0.278. The molecule has 3 heteroatoms. The van der Waals surface area contributed by atoms with Crippen molar-refractivity contribution in [3.8, 4) is 0 Å². The summed E-state index contributed by atoms with van der Waals surface area (Å²) in [6, 6.07) is 28.9. The Morgan fingerprint density at radius 2 is 1.46 bits per heavy atom. The number of ketones is 1. The van der Waals surface area contributed by atoms with E-state index in [2.05, 4.69) is 74.5 Å². The molecule has 0 fully saturated rings. The Morgan fingerprint density at radius 3 is 2.24 bits per heavy atom. The van der Waals surface area contributed by atoms with Crippen LogP contribution in [0.4, 0.5) is 0 Å². The Hall–Kier alpha value is -3.98. The molecule has 0 unspecified atom stereocenters. The van der Waals surface area contributed by atoms with E-state index in [4.69, 9.17) is 4.74 Å². The second-order valence-electron chi connectivity index (χ2n) is 11.1. The third-order valence-corrected chi connectivity index (χ3v) is 7.80. The third-order valence-electron chi connectivity index (χ3n) is 7.80. The molecule has 0 N–H and O–H groups in total. The molecule has 2 atom stereocenters. The summed E-state index contributed by atoms with van der Waals surface area (Å²) in [4.78, 5) is 27.1. The molecule has 1 aliphatic carbocycles. The van der Waals surface area contributed by atoms with Gasteiger partial charge >= 0.3 is 5.97 Å². The molecule has 37 heavy (non-hydrogen) atoms. The first-order valence-electron chi connectivity index (χ1n) is 13.0. The molecule has 0 bridgehead atoms. The van der Waals surface area contributed by atoms with Crippen LogP contribution >= 0.6 is 0 Å². The number of esters is 1. The average molecular weight is 487 g/mol. The van der Waals surface area contributed by atoms with E-state index in [0.717, 1.165) is 32.7 Å². The van der Waals surface area contributed by atoms with E-state index in [0.29, 0.717) is 30.6 Å². The highest BCUT2D eigenvalue weighted by Crippen LogP contribution is 2.46. The molecule has 0 saturated carbocycles. The second-order valence-corrected chi connectivity index (χ2v) is 11.1. The van der Waals surface area contributed by atoms with Crippen LogP contribution in [0.2, 0.25) is 0 Å². The summed E-state index contributed by atoms with van der Waals surface area (Å²) in [5, 5.41) is 4.58. The SMILES string of the molecule is CC1(C)CC(=O)C2=C(C1)OC(=O)[C@H](Cc1cccc3ccccc13)[C@@H]2/C=C/c1cccc2ccccc12. The van der Waals surface area contributed by atoms with Gasteiger partial charge in [0.25, 0.3) is 0 Å². The molecule has 184 valence electrons. The molecule has 1 heterocycles. The fourth-order valence-electron chi connectivity index (χ4n) is 6.04. The molecule has 4 aromatic rings. The minimum Gasteiger partial charge on any atom is -0.430 e. The number of benzene rings is 4. The van der Waals surface area contributed by atoms with Crippen molar-refractivity contribution >= 4 is 39.4 Å². The van der Waals surface area contributed by atoms with Crippen LogP contribution in [0.5, 0.6) is 0 Å². The lowest BCUT2D eigenvalue weighted by Gasteiger charge is -2.39. The zero-order valence-corrected chi connectivity index (χ0v) is 21.2. The van der Waals surface area contributed by atoms with Crippen molar-refractivity contribution in [1.29, 1.82) is 0 Å². The number of hydrogen-bond donors (Lipinski definition) is 0. The number of ether oxygens (including phenoxy) is 1. The fourth-order valence-corrected chi connectivity index (χ4v) is 6.04. The van der Waals surface area contributed by atoms with Crippen LogP contribution < -0.4 is 0 Å². The normalized spacial score (nSPS) is 21.5. The van der Waals surface area contributed by atoms with Crippen LogP contribution in [0.25, 0.3) is 27.6 Å². The van der Waals surface area contributed by atoms with Crippen molar-refractivity contribution in [2.24, 2.45) is 17.3 Å². The zero-order valence-electron chi connectivity index (χ0n) is 21.2. The van der Waals surface area contributed by atoms with Crippen molar-refractivity contribution in [1.82, 2.24) is 0 Å².